The predicted molar refractivity (Wildman–Crippen MR) is 152 cm³/mol. The zero-order valence-corrected chi connectivity index (χ0v) is 24.0. The molecule has 0 unspecified atom stereocenters. The zero-order valence-electron chi connectivity index (χ0n) is 23.1. The van der Waals surface area contributed by atoms with Gasteiger partial charge in [-0.1, -0.05) is 19.9 Å². The molecule has 2 saturated heterocycles. The van der Waals surface area contributed by atoms with Crippen molar-refractivity contribution in [2.24, 2.45) is 10.8 Å². The number of amides is 1. The molecule has 1 spiro atoms. The molecule has 2 aliphatic heterocycles. The molecule has 0 radical (unpaired) electrons. The lowest BCUT2D eigenvalue weighted by atomic mass is 9.93. The number of rotatable bonds is 8. The van der Waals surface area contributed by atoms with Crippen LogP contribution in [0.3, 0.4) is 0 Å². The maximum absolute atomic E-state index is 13.6. The number of anilines is 3. The summed E-state index contributed by atoms with van der Waals surface area (Å²) < 4.78 is 32.2. The smallest absolute Gasteiger partial charge is 0.258 e. The van der Waals surface area contributed by atoms with Crippen molar-refractivity contribution < 1.29 is 23.1 Å². The maximum Gasteiger partial charge on any atom is 0.258 e. The molecule has 5 rings (SSSR count). The van der Waals surface area contributed by atoms with E-state index in [1.165, 1.54) is 18.9 Å². The molecule has 3 aliphatic rings. The molecule has 1 amide bonds. The molecule has 1 aliphatic carbocycles. The second-order valence-electron chi connectivity index (χ2n) is 12.2. The molecule has 10 heteroatoms. The lowest BCUT2D eigenvalue weighted by Crippen LogP contribution is -2.41. The molecule has 0 bridgehead atoms. The first kappa shape index (κ1) is 27.9. The average Bonchev–Trinajstić information content (AvgIpc) is 3.67. The molecule has 3 fully saturated rings. The number of piperidine rings is 1. The molecule has 2 aromatic rings. The van der Waals surface area contributed by atoms with Crippen LogP contribution in [0.2, 0.25) is 0 Å². The van der Waals surface area contributed by atoms with Crippen molar-refractivity contribution in [1.29, 1.82) is 0 Å². The van der Waals surface area contributed by atoms with Gasteiger partial charge in [0.05, 0.1) is 34.6 Å². The summed E-state index contributed by atoms with van der Waals surface area (Å²) in [6, 6.07) is 10.3. The van der Waals surface area contributed by atoms with Gasteiger partial charge in [0.15, 0.2) is 9.84 Å². The Labute approximate surface area is 231 Å². The van der Waals surface area contributed by atoms with Crippen LogP contribution in [0, 0.1) is 10.8 Å². The number of carbonyl (C=O) groups excluding carboxylic acids is 1. The summed E-state index contributed by atoms with van der Waals surface area (Å²) in [6.45, 7) is 8.92. The van der Waals surface area contributed by atoms with Crippen LogP contribution in [-0.2, 0) is 14.6 Å². The van der Waals surface area contributed by atoms with Crippen LogP contribution >= 0.6 is 0 Å². The summed E-state index contributed by atoms with van der Waals surface area (Å²) in [7, 11) is -3.67. The minimum absolute atomic E-state index is 0.110. The van der Waals surface area contributed by atoms with Crippen LogP contribution in [0.1, 0.15) is 56.8 Å². The topological polar surface area (TPSA) is 112 Å². The van der Waals surface area contributed by atoms with Crippen LogP contribution in [0.25, 0.3) is 0 Å². The van der Waals surface area contributed by atoms with E-state index >= 15 is 0 Å². The molecule has 1 saturated carbocycles. The van der Waals surface area contributed by atoms with Gasteiger partial charge in [-0.2, -0.15) is 0 Å². The number of pyridine rings is 1. The quantitative estimate of drug-likeness (QED) is 0.506. The van der Waals surface area contributed by atoms with Crippen LogP contribution < -0.4 is 15.1 Å². The Morgan fingerprint density at radius 1 is 1.13 bits per heavy atom. The first-order valence-electron chi connectivity index (χ1n) is 13.9. The second-order valence-corrected chi connectivity index (χ2v) is 14.2. The first-order valence-corrected chi connectivity index (χ1v) is 15.5. The molecule has 9 nitrogen and oxygen atoms in total. The average molecular weight is 557 g/mol. The molecule has 3 heterocycles. The summed E-state index contributed by atoms with van der Waals surface area (Å²) in [5, 5.41) is 12.6. The lowest BCUT2D eigenvalue weighted by Gasteiger charge is -2.35. The first-order chi connectivity index (χ1) is 18.5. The van der Waals surface area contributed by atoms with E-state index in [0.29, 0.717) is 29.1 Å². The minimum atomic E-state index is -3.67. The molecule has 1 aromatic carbocycles. The van der Waals surface area contributed by atoms with E-state index in [0.717, 1.165) is 44.8 Å². The number of aliphatic hydroxyl groups is 1. The van der Waals surface area contributed by atoms with Crippen LogP contribution in [0.5, 0.6) is 0 Å². The van der Waals surface area contributed by atoms with E-state index in [1.54, 1.807) is 32.0 Å². The maximum atomic E-state index is 13.6. The highest BCUT2D eigenvalue weighted by Gasteiger charge is 2.44. The van der Waals surface area contributed by atoms with Gasteiger partial charge in [-0.15, -0.1) is 0 Å². The number of benzene rings is 1. The van der Waals surface area contributed by atoms with Crippen molar-refractivity contribution >= 4 is 33.1 Å². The molecule has 1 aromatic heterocycles. The van der Waals surface area contributed by atoms with E-state index in [4.69, 9.17) is 4.74 Å². The summed E-state index contributed by atoms with van der Waals surface area (Å²) in [5.41, 5.74) is 0.723. The SMILES string of the molecule is C[C@@H]1CN(c2cccc(NC(=O)c3ccc(S(=O)(=O)CC(C)(C)CO)cc3N3CCC4(CC3)CC4)n2)CCO1. The third kappa shape index (κ3) is 6.39. The molecule has 212 valence electrons. The molecular weight excluding hydrogens is 516 g/mol. The van der Waals surface area contributed by atoms with E-state index in [9.17, 15) is 18.3 Å². The van der Waals surface area contributed by atoms with Crippen molar-refractivity contribution in [3.63, 3.8) is 0 Å². The third-order valence-electron chi connectivity index (χ3n) is 8.24. The van der Waals surface area contributed by atoms with Gasteiger partial charge in [0.1, 0.15) is 11.6 Å². The van der Waals surface area contributed by atoms with Crippen molar-refractivity contribution in [3.05, 3.63) is 42.0 Å². The fourth-order valence-electron chi connectivity index (χ4n) is 5.58. The van der Waals surface area contributed by atoms with Crippen LogP contribution in [0.4, 0.5) is 17.3 Å². The number of hydrogen-bond acceptors (Lipinski definition) is 8. The molecule has 1 atom stereocenters. The number of morpholine rings is 1. The largest absolute Gasteiger partial charge is 0.396 e. The van der Waals surface area contributed by atoms with Gasteiger partial charge in [0.25, 0.3) is 5.91 Å². The Kier molecular flexibility index (Phi) is 7.65. The van der Waals surface area contributed by atoms with Gasteiger partial charge in [-0.05, 0) is 68.4 Å². The van der Waals surface area contributed by atoms with E-state index in [2.05, 4.69) is 20.1 Å². The molecule has 2 N–H and O–H groups in total. The monoisotopic (exact) mass is 556 g/mol. The van der Waals surface area contributed by atoms with Gasteiger partial charge in [0, 0.05) is 38.2 Å². The highest BCUT2D eigenvalue weighted by molar-refractivity contribution is 7.91. The predicted octanol–water partition coefficient (Wildman–Crippen LogP) is 3.73. The second kappa shape index (κ2) is 10.7. The number of nitrogens with zero attached hydrogens (tertiary/aromatic N) is 3. The minimum Gasteiger partial charge on any atom is -0.396 e. The van der Waals surface area contributed by atoms with E-state index in [1.807, 2.05) is 19.1 Å². The molecular formula is C29H40N4O5S. The summed E-state index contributed by atoms with van der Waals surface area (Å²) >= 11 is 0. The lowest BCUT2D eigenvalue weighted by molar-refractivity contribution is 0.0529. The normalized spacial score (nSPS) is 21.2. The Balaban J connectivity index is 1.42. The Bertz CT molecular complexity index is 1310. The number of ether oxygens (including phenoxy) is 1. The molecule has 39 heavy (non-hydrogen) atoms. The van der Waals surface area contributed by atoms with Crippen molar-refractivity contribution in [3.8, 4) is 0 Å². The third-order valence-corrected chi connectivity index (χ3v) is 10.4. The van der Waals surface area contributed by atoms with Crippen molar-refractivity contribution in [2.75, 3.05) is 60.3 Å². The highest BCUT2D eigenvalue weighted by Crippen LogP contribution is 2.54. The standard InChI is InChI=1S/C29H40N4O5S/c1-21-18-33(15-16-38-21)26-6-4-5-25(30-26)31-27(35)23-8-7-22(39(36,37)20-28(2,3)19-34)17-24(23)32-13-11-29(9-10-29)12-14-32/h4-8,17,21,34H,9-16,18-20H2,1-3H3,(H,30,31,35)/t21-/m1/s1. The van der Waals surface area contributed by atoms with Crippen molar-refractivity contribution in [1.82, 2.24) is 4.98 Å². The van der Waals surface area contributed by atoms with Gasteiger partial charge >= 0.3 is 0 Å². The number of sulfone groups is 1. The highest BCUT2D eigenvalue weighted by atomic mass is 32.2. The van der Waals surface area contributed by atoms with Crippen LogP contribution in [-0.4, -0.2) is 75.7 Å². The number of nitrogens with one attached hydrogen (secondary N) is 1. The van der Waals surface area contributed by atoms with Gasteiger partial charge in [0.2, 0.25) is 0 Å². The fourth-order valence-corrected chi connectivity index (χ4v) is 7.43. The zero-order chi connectivity index (χ0) is 27.8. The number of aliphatic hydroxyl groups excluding tert-OH is 1. The Hall–Kier alpha value is -2.69. The summed E-state index contributed by atoms with van der Waals surface area (Å²) in [4.78, 5) is 22.7. The van der Waals surface area contributed by atoms with Crippen LogP contribution in [0.15, 0.2) is 41.3 Å². The summed E-state index contributed by atoms with van der Waals surface area (Å²) in [6.07, 6.45) is 4.71. The number of aromatic nitrogens is 1. The number of carbonyl (C=O) groups is 1. The van der Waals surface area contributed by atoms with Gasteiger partial charge in [-0.25, -0.2) is 13.4 Å². The Morgan fingerprint density at radius 3 is 2.54 bits per heavy atom. The van der Waals surface area contributed by atoms with Crippen molar-refractivity contribution in [2.45, 2.75) is 57.5 Å². The summed E-state index contributed by atoms with van der Waals surface area (Å²) in [5.74, 6) is 0.722. The fraction of sp³-hybridized carbons (Fsp3) is 0.586. The van der Waals surface area contributed by atoms with E-state index < -0.39 is 15.3 Å². The number of hydrogen-bond donors (Lipinski definition) is 2. The van der Waals surface area contributed by atoms with Gasteiger partial charge in [-0.3, -0.25) is 4.79 Å². The van der Waals surface area contributed by atoms with Gasteiger partial charge < -0.3 is 25.0 Å². The van der Waals surface area contributed by atoms with E-state index in [-0.39, 0.29) is 29.3 Å². The Morgan fingerprint density at radius 2 is 1.87 bits per heavy atom.